The maximum absolute atomic E-state index is 12.5. The Morgan fingerprint density at radius 1 is 1.41 bits per heavy atom. The number of amides is 1. The average Bonchev–Trinajstić information content (AvgIpc) is 2.94. The molecule has 1 atom stereocenters. The van der Waals surface area contributed by atoms with Crippen LogP contribution in [0, 0.1) is 12.8 Å². The summed E-state index contributed by atoms with van der Waals surface area (Å²) in [5.41, 5.74) is 1.26. The highest BCUT2D eigenvalue weighted by Crippen LogP contribution is 2.21. The number of pyridine rings is 1. The summed E-state index contributed by atoms with van der Waals surface area (Å²) in [7, 11) is 0. The van der Waals surface area contributed by atoms with E-state index in [1.807, 2.05) is 34.9 Å². The number of rotatable bonds is 4. The fraction of sp³-hybridized carbons (Fsp3) is 0.471. The number of nitrogens with zero attached hydrogens (tertiary/aromatic N) is 4. The highest BCUT2D eigenvalue weighted by molar-refractivity contribution is 5.76. The first-order valence-corrected chi connectivity index (χ1v) is 7.87. The average molecular weight is 298 g/mol. The monoisotopic (exact) mass is 298 g/mol. The molecule has 0 N–H and O–H groups in total. The molecule has 5 heteroatoms. The molecule has 116 valence electrons. The number of aromatic nitrogens is 3. The minimum Gasteiger partial charge on any atom is -0.341 e. The molecule has 5 nitrogen and oxygen atoms in total. The van der Waals surface area contributed by atoms with Gasteiger partial charge in [-0.25, -0.2) is 4.98 Å². The normalized spacial score (nSPS) is 18.4. The fourth-order valence-corrected chi connectivity index (χ4v) is 3.13. The van der Waals surface area contributed by atoms with Crippen LogP contribution in [0.4, 0.5) is 0 Å². The molecule has 0 aliphatic carbocycles. The third kappa shape index (κ3) is 3.53. The Kier molecular flexibility index (Phi) is 4.51. The van der Waals surface area contributed by atoms with Gasteiger partial charge in [-0.1, -0.05) is 6.07 Å². The number of hydrogen-bond donors (Lipinski definition) is 0. The Morgan fingerprint density at radius 2 is 2.32 bits per heavy atom. The van der Waals surface area contributed by atoms with Gasteiger partial charge in [0.05, 0.1) is 0 Å². The van der Waals surface area contributed by atoms with Crippen LogP contribution in [0.3, 0.4) is 0 Å². The molecule has 0 spiro atoms. The van der Waals surface area contributed by atoms with E-state index in [0.717, 1.165) is 31.8 Å². The summed E-state index contributed by atoms with van der Waals surface area (Å²) >= 11 is 0. The summed E-state index contributed by atoms with van der Waals surface area (Å²) in [5.74, 6) is 1.61. The van der Waals surface area contributed by atoms with Crippen LogP contribution in [0.1, 0.15) is 24.2 Å². The summed E-state index contributed by atoms with van der Waals surface area (Å²) in [5, 5.41) is 0. The topological polar surface area (TPSA) is 51.0 Å². The number of aryl methyl sites for hydroxylation is 1. The first-order chi connectivity index (χ1) is 10.7. The lowest BCUT2D eigenvalue weighted by atomic mass is 9.92. The molecular weight excluding hydrogens is 276 g/mol. The summed E-state index contributed by atoms with van der Waals surface area (Å²) in [6, 6.07) is 4.09. The quantitative estimate of drug-likeness (QED) is 0.868. The first-order valence-electron chi connectivity index (χ1n) is 7.87. The van der Waals surface area contributed by atoms with Crippen molar-refractivity contribution in [3.63, 3.8) is 0 Å². The zero-order valence-corrected chi connectivity index (χ0v) is 13.0. The molecule has 1 amide bonds. The van der Waals surface area contributed by atoms with Crippen LogP contribution in [0.15, 0.2) is 36.9 Å². The lowest BCUT2D eigenvalue weighted by Crippen LogP contribution is -2.42. The molecule has 2 aromatic heterocycles. The van der Waals surface area contributed by atoms with E-state index in [4.69, 9.17) is 0 Å². The van der Waals surface area contributed by atoms with E-state index in [-0.39, 0.29) is 5.91 Å². The minimum atomic E-state index is 0.192. The second-order valence-corrected chi connectivity index (χ2v) is 6.02. The van der Waals surface area contributed by atoms with Gasteiger partial charge in [-0.2, -0.15) is 0 Å². The van der Waals surface area contributed by atoms with E-state index in [0.29, 0.717) is 12.5 Å². The van der Waals surface area contributed by atoms with E-state index in [9.17, 15) is 4.79 Å². The number of hydrogen-bond acceptors (Lipinski definition) is 3. The molecule has 1 fully saturated rings. The Labute approximate surface area is 131 Å². The van der Waals surface area contributed by atoms with Gasteiger partial charge >= 0.3 is 0 Å². The first kappa shape index (κ1) is 14.8. The highest BCUT2D eigenvalue weighted by atomic mass is 16.2. The van der Waals surface area contributed by atoms with Gasteiger partial charge in [0.1, 0.15) is 12.4 Å². The Bertz CT molecular complexity index is 623. The van der Waals surface area contributed by atoms with Crippen LogP contribution in [-0.4, -0.2) is 38.4 Å². The fourth-order valence-electron chi connectivity index (χ4n) is 3.13. The van der Waals surface area contributed by atoms with Gasteiger partial charge in [0.2, 0.25) is 5.91 Å². The second-order valence-electron chi connectivity index (χ2n) is 6.02. The van der Waals surface area contributed by atoms with Gasteiger partial charge in [0.15, 0.2) is 0 Å². The highest BCUT2D eigenvalue weighted by Gasteiger charge is 2.24. The van der Waals surface area contributed by atoms with Gasteiger partial charge in [0.25, 0.3) is 0 Å². The van der Waals surface area contributed by atoms with E-state index < -0.39 is 0 Å². The standard InChI is InChI=1S/C17H22N4O/c1-14-19-7-9-20(14)13-17(22)21-8-3-5-16(12-21)10-15-4-2-6-18-11-15/h2,4,6-7,9,11,16H,3,5,8,10,12-13H2,1H3. The molecule has 3 heterocycles. The van der Waals surface area contributed by atoms with E-state index in [2.05, 4.69) is 16.0 Å². The van der Waals surface area contributed by atoms with Gasteiger partial charge in [0, 0.05) is 37.9 Å². The predicted molar refractivity (Wildman–Crippen MR) is 84.2 cm³/mol. The molecule has 3 rings (SSSR count). The molecule has 0 radical (unpaired) electrons. The minimum absolute atomic E-state index is 0.192. The van der Waals surface area contributed by atoms with Gasteiger partial charge < -0.3 is 9.47 Å². The SMILES string of the molecule is Cc1nccn1CC(=O)N1CCCC(Cc2cccnc2)C1. The zero-order chi connectivity index (χ0) is 15.4. The Morgan fingerprint density at radius 3 is 3.05 bits per heavy atom. The second kappa shape index (κ2) is 6.73. The molecular formula is C17H22N4O. The summed E-state index contributed by atoms with van der Waals surface area (Å²) in [6.07, 6.45) is 10.6. The lowest BCUT2D eigenvalue weighted by Gasteiger charge is -2.33. The van der Waals surface area contributed by atoms with Crippen LogP contribution in [0.5, 0.6) is 0 Å². The Hall–Kier alpha value is -2.17. The van der Waals surface area contributed by atoms with Gasteiger partial charge in [-0.3, -0.25) is 9.78 Å². The molecule has 1 aliphatic heterocycles. The van der Waals surface area contributed by atoms with E-state index >= 15 is 0 Å². The predicted octanol–water partition coefficient (Wildman–Crippen LogP) is 2.07. The number of imidazole rings is 1. The molecule has 1 aliphatic rings. The smallest absolute Gasteiger partial charge is 0.242 e. The zero-order valence-electron chi connectivity index (χ0n) is 13.0. The maximum Gasteiger partial charge on any atom is 0.242 e. The molecule has 0 bridgehead atoms. The van der Waals surface area contributed by atoms with Crippen molar-refractivity contribution in [2.24, 2.45) is 5.92 Å². The number of piperidine rings is 1. The molecule has 0 aromatic carbocycles. The molecule has 1 saturated heterocycles. The van der Waals surface area contributed by atoms with Gasteiger partial charge in [-0.05, 0) is 43.7 Å². The van der Waals surface area contributed by atoms with Crippen molar-refractivity contribution in [2.75, 3.05) is 13.1 Å². The summed E-state index contributed by atoms with van der Waals surface area (Å²) in [4.78, 5) is 22.8. The van der Waals surface area contributed by atoms with Crippen molar-refractivity contribution >= 4 is 5.91 Å². The molecule has 2 aromatic rings. The summed E-state index contributed by atoms with van der Waals surface area (Å²) in [6.45, 7) is 4.04. The number of likely N-dealkylation sites (tertiary alicyclic amines) is 1. The van der Waals surface area contributed by atoms with Crippen molar-refractivity contribution < 1.29 is 4.79 Å². The molecule has 22 heavy (non-hydrogen) atoms. The van der Waals surface area contributed by atoms with Gasteiger partial charge in [-0.15, -0.1) is 0 Å². The van der Waals surface area contributed by atoms with E-state index in [1.54, 1.807) is 12.4 Å². The Balaban J connectivity index is 1.58. The lowest BCUT2D eigenvalue weighted by molar-refractivity contribution is -0.133. The summed E-state index contributed by atoms with van der Waals surface area (Å²) < 4.78 is 1.91. The van der Waals surface area contributed by atoms with Crippen LogP contribution in [0.25, 0.3) is 0 Å². The van der Waals surface area contributed by atoms with Crippen molar-refractivity contribution in [3.8, 4) is 0 Å². The van der Waals surface area contributed by atoms with Crippen LogP contribution >= 0.6 is 0 Å². The third-order valence-electron chi connectivity index (χ3n) is 4.35. The van der Waals surface area contributed by atoms with E-state index in [1.165, 1.54) is 12.0 Å². The van der Waals surface area contributed by atoms with Crippen LogP contribution < -0.4 is 0 Å². The molecule has 0 saturated carbocycles. The largest absolute Gasteiger partial charge is 0.341 e. The third-order valence-corrected chi connectivity index (χ3v) is 4.35. The van der Waals surface area contributed by atoms with Crippen molar-refractivity contribution in [1.82, 2.24) is 19.4 Å². The van der Waals surface area contributed by atoms with Crippen molar-refractivity contribution in [1.29, 1.82) is 0 Å². The maximum atomic E-state index is 12.5. The van der Waals surface area contributed by atoms with Crippen molar-refractivity contribution in [2.45, 2.75) is 32.7 Å². The number of carbonyl (C=O) groups excluding carboxylic acids is 1. The van der Waals surface area contributed by atoms with Crippen LogP contribution in [-0.2, 0) is 17.8 Å². The van der Waals surface area contributed by atoms with Crippen LogP contribution in [0.2, 0.25) is 0 Å². The van der Waals surface area contributed by atoms with Crippen molar-refractivity contribution in [3.05, 3.63) is 48.3 Å². The number of carbonyl (C=O) groups is 1. The molecule has 1 unspecified atom stereocenters.